The Kier molecular flexibility index (Phi) is 6.67. The summed E-state index contributed by atoms with van der Waals surface area (Å²) in [5.41, 5.74) is 4.44. The highest BCUT2D eigenvalue weighted by molar-refractivity contribution is 7.79. The molecule has 0 saturated carbocycles. The van der Waals surface area contributed by atoms with Crippen LogP contribution in [0.1, 0.15) is 16.1 Å². The Morgan fingerprint density at radius 1 is 1.00 bits per heavy atom. The molecule has 0 bridgehead atoms. The summed E-state index contributed by atoms with van der Waals surface area (Å²) in [5, 5.41) is 5.16. The third kappa shape index (κ3) is 4.58. The number of hydrogen-bond donors (Lipinski definition) is 0. The molecule has 0 fully saturated rings. The molecule has 0 aliphatic rings. The minimum Gasteiger partial charge on any atom is -0.768 e. The summed E-state index contributed by atoms with van der Waals surface area (Å²) >= 11 is 10.5. The Morgan fingerprint density at radius 2 is 1.67 bits per heavy atom. The topological polar surface area (TPSA) is 84.3 Å². The van der Waals surface area contributed by atoms with Crippen LogP contribution in [0.3, 0.4) is 0 Å². The normalized spacial score (nSPS) is 11.9. The maximum atomic E-state index is 12.2. The number of carbonyl (C=O) groups is 1. The molecule has 1 heterocycles. The van der Waals surface area contributed by atoms with E-state index >= 15 is 0 Å². The van der Waals surface area contributed by atoms with Crippen molar-refractivity contribution in [3.05, 3.63) is 88.0 Å². The minimum absolute atomic E-state index is 0.109. The van der Waals surface area contributed by atoms with E-state index in [4.69, 9.17) is 27.9 Å². The first kappa shape index (κ1) is 23.2. The zero-order valence-corrected chi connectivity index (χ0v) is 19.9. The number of benzene rings is 3. The van der Waals surface area contributed by atoms with E-state index in [1.165, 1.54) is 17.9 Å². The van der Waals surface area contributed by atoms with Crippen LogP contribution in [0.25, 0.3) is 28.1 Å². The van der Waals surface area contributed by atoms with Crippen LogP contribution in [-0.4, -0.2) is 31.6 Å². The molecule has 9 heteroatoms. The SMILES string of the molecule is COC(=O)c1cc(-c2ccc(-c3cccc(S(=O)[O-])c3)cc2C)n(-c2c(Cl)cccc2Cl)n1. The van der Waals surface area contributed by atoms with E-state index in [0.29, 0.717) is 21.4 Å². The summed E-state index contributed by atoms with van der Waals surface area (Å²) in [6.07, 6.45) is 0. The summed E-state index contributed by atoms with van der Waals surface area (Å²) in [6.45, 7) is 1.91. The third-order valence-electron chi connectivity index (χ3n) is 5.12. The lowest BCUT2D eigenvalue weighted by Crippen LogP contribution is -2.05. The van der Waals surface area contributed by atoms with Crippen LogP contribution in [0, 0.1) is 6.92 Å². The molecule has 6 nitrogen and oxygen atoms in total. The molecule has 4 aromatic rings. The highest BCUT2D eigenvalue weighted by Gasteiger charge is 2.21. The lowest BCUT2D eigenvalue weighted by Gasteiger charge is -2.14. The van der Waals surface area contributed by atoms with Crippen LogP contribution in [0.2, 0.25) is 10.0 Å². The van der Waals surface area contributed by atoms with Gasteiger partial charge in [0.1, 0.15) is 5.69 Å². The number of halogens is 2. The van der Waals surface area contributed by atoms with Crippen LogP contribution in [0.5, 0.6) is 0 Å². The number of carbonyl (C=O) groups excluding carboxylic acids is 1. The first-order chi connectivity index (χ1) is 15.8. The van der Waals surface area contributed by atoms with E-state index in [1.54, 1.807) is 36.4 Å². The van der Waals surface area contributed by atoms with Crippen molar-refractivity contribution in [2.75, 3.05) is 7.11 Å². The number of para-hydroxylation sites is 1. The van der Waals surface area contributed by atoms with E-state index in [2.05, 4.69) is 5.10 Å². The van der Waals surface area contributed by atoms with Gasteiger partial charge in [0.05, 0.1) is 22.8 Å². The molecule has 1 atom stereocenters. The molecular weight excluding hydrogens is 483 g/mol. The average molecular weight is 500 g/mol. The number of methoxy groups -OCH3 is 1. The van der Waals surface area contributed by atoms with Gasteiger partial charge >= 0.3 is 5.97 Å². The van der Waals surface area contributed by atoms with Crippen LogP contribution < -0.4 is 0 Å². The summed E-state index contributed by atoms with van der Waals surface area (Å²) in [5.74, 6) is -0.588. The number of aryl methyl sites for hydroxylation is 1. The maximum Gasteiger partial charge on any atom is 0.358 e. The predicted octanol–water partition coefficient (Wildman–Crippen LogP) is 5.85. The van der Waals surface area contributed by atoms with Gasteiger partial charge in [0.25, 0.3) is 0 Å². The van der Waals surface area contributed by atoms with Crippen molar-refractivity contribution >= 4 is 40.3 Å². The molecule has 4 rings (SSSR count). The highest BCUT2D eigenvalue weighted by Crippen LogP contribution is 2.35. The number of nitrogens with zero attached hydrogens (tertiary/aromatic N) is 2. The lowest BCUT2D eigenvalue weighted by molar-refractivity contribution is 0.0593. The van der Waals surface area contributed by atoms with Crippen molar-refractivity contribution in [2.24, 2.45) is 0 Å². The molecule has 0 radical (unpaired) electrons. The molecule has 1 aromatic heterocycles. The smallest absolute Gasteiger partial charge is 0.358 e. The zero-order chi connectivity index (χ0) is 23.7. The molecular formula is C24H17Cl2N2O4S-. The molecule has 0 amide bonds. The Morgan fingerprint density at radius 3 is 2.30 bits per heavy atom. The number of hydrogen-bond acceptors (Lipinski definition) is 5. The molecule has 0 saturated heterocycles. The van der Waals surface area contributed by atoms with Gasteiger partial charge in [-0.3, -0.25) is 4.21 Å². The van der Waals surface area contributed by atoms with Gasteiger partial charge in [-0.2, -0.15) is 5.10 Å². The monoisotopic (exact) mass is 499 g/mol. The molecule has 0 aliphatic heterocycles. The predicted molar refractivity (Wildman–Crippen MR) is 128 cm³/mol. The summed E-state index contributed by atoms with van der Waals surface area (Å²) in [7, 11) is 1.28. The quantitative estimate of drug-likeness (QED) is 0.254. The third-order valence-corrected chi connectivity index (χ3v) is 6.36. The van der Waals surface area contributed by atoms with Gasteiger partial charge in [0.2, 0.25) is 0 Å². The van der Waals surface area contributed by atoms with Gasteiger partial charge in [0.15, 0.2) is 5.69 Å². The van der Waals surface area contributed by atoms with E-state index in [1.807, 2.05) is 31.2 Å². The second-order valence-electron chi connectivity index (χ2n) is 7.18. The van der Waals surface area contributed by atoms with Crippen LogP contribution in [-0.2, 0) is 15.8 Å². The van der Waals surface area contributed by atoms with Gasteiger partial charge in [-0.1, -0.05) is 59.6 Å². The van der Waals surface area contributed by atoms with Crippen molar-refractivity contribution in [2.45, 2.75) is 11.8 Å². The Bertz CT molecular complexity index is 1380. The molecule has 0 aliphatic carbocycles. The van der Waals surface area contributed by atoms with Gasteiger partial charge in [0, 0.05) is 10.5 Å². The van der Waals surface area contributed by atoms with Crippen molar-refractivity contribution in [1.82, 2.24) is 9.78 Å². The number of ether oxygens (including phenoxy) is 1. The fraction of sp³-hybridized carbons (Fsp3) is 0.0833. The molecule has 0 N–H and O–H groups in total. The first-order valence-corrected chi connectivity index (χ1v) is 11.6. The van der Waals surface area contributed by atoms with Crippen molar-refractivity contribution in [1.29, 1.82) is 0 Å². The number of aromatic nitrogens is 2. The molecule has 168 valence electrons. The first-order valence-electron chi connectivity index (χ1n) is 9.73. The second kappa shape index (κ2) is 9.49. The zero-order valence-electron chi connectivity index (χ0n) is 17.5. The minimum atomic E-state index is -2.31. The van der Waals surface area contributed by atoms with Crippen molar-refractivity contribution in [3.8, 4) is 28.1 Å². The van der Waals surface area contributed by atoms with Crippen LogP contribution in [0.4, 0.5) is 0 Å². The number of esters is 1. The Hall–Kier alpha value is -2.97. The van der Waals surface area contributed by atoms with E-state index in [-0.39, 0.29) is 10.6 Å². The fourth-order valence-electron chi connectivity index (χ4n) is 3.55. The van der Waals surface area contributed by atoms with E-state index in [9.17, 15) is 13.6 Å². The highest BCUT2D eigenvalue weighted by atomic mass is 35.5. The van der Waals surface area contributed by atoms with Crippen molar-refractivity contribution < 1.29 is 18.3 Å². The van der Waals surface area contributed by atoms with E-state index in [0.717, 1.165) is 22.3 Å². The van der Waals surface area contributed by atoms with Crippen LogP contribution >= 0.6 is 23.2 Å². The van der Waals surface area contributed by atoms with E-state index < -0.39 is 17.0 Å². The molecule has 0 spiro atoms. The fourth-order valence-corrected chi connectivity index (χ4v) is 4.52. The lowest BCUT2D eigenvalue weighted by atomic mass is 9.98. The summed E-state index contributed by atoms with van der Waals surface area (Å²) < 4.78 is 29.0. The van der Waals surface area contributed by atoms with Gasteiger partial charge in [-0.05, 0) is 65.0 Å². The maximum absolute atomic E-state index is 12.2. The standard InChI is InChI=1S/C24H18Cl2N2O4S/c1-14-11-16(15-5-3-6-17(12-15)33(30)31)9-10-18(14)22-13-21(24(29)32-2)27-28(22)23-19(25)7-4-8-20(23)26/h3-13H,1-2H3,(H,30,31)/p-1. The summed E-state index contributed by atoms with van der Waals surface area (Å²) in [6, 6.07) is 19.1. The largest absolute Gasteiger partial charge is 0.768 e. The van der Waals surface area contributed by atoms with Crippen LogP contribution in [0.15, 0.2) is 71.6 Å². The average Bonchev–Trinajstić information content (AvgIpc) is 3.23. The van der Waals surface area contributed by atoms with Crippen molar-refractivity contribution in [3.63, 3.8) is 0 Å². The van der Waals surface area contributed by atoms with Gasteiger partial charge in [-0.15, -0.1) is 0 Å². The van der Waals surface area contributed by atoms with Gasteiger partial charge < -0.3 is 9.29 Å². The molecule has 3 aromatic carbocycles. The number of rotatable bonds is 5. The second-order valence-corrected chi connectivity index (χ2v) is 8.94. The summed E-state index contributed by atoms with van der Waals surface area (Å²) in [4.78, 5) is 12.4. The molecule has 1 unspecified atom stereocenters. The van der Waals surface area contributed by atoms with Gasteiger partial charge in [-0.25, -0.2) is 9.48 Å². The Labute approximate surface area is 203 Å². The Balaban J connectivity index is 1.87. The molecule has 33 heavy (non-hydrogen) atoms.